The first-order valence-corrected chi connectivity index (χ1v) is 11.0. The number of nitrogens with zero attached hydrogens (tertiary/aromatic N) is 1. The summed E-state index contributed by atoms with van der Waals surface area (Å²) >= 11 is 12.1. The molecule has 0 bridgehead atoms. The summed E-state index contributed by atoms with van der Waals surface area (Å²) in [6, 6.07) is 12.0. The van der Waals surface area contributed by atoms with Gasteiger partial charge in [-0.2, -0.15) is 0 Å². The molecule has 0 radical (unpaired) electrons. The van der Waals surface area contributed by atoms with Gasteiger partial charge in [0.1, 0.15) is 11.8 Å². The van der Waals surface area contributed by atoms with Gasteiger partial charge in [0, 0.05) is 17.1 Å². The first kappa shape index (κ1) is 25.0. The molecule has 31 heavy (non-hydrogen) atoms. The highest BCUT2D eigenvalue weighted by atomic mass is 35.5. The van der Waals surface area contributed by atoms with Gasteiger partial charge in [-0.1, -0.05) is 54.4 Å². The van der Waals surface area contributed by atoms with Gasteiger partial charge in [0.2, 0.25) is 5.91 Å². The van der Waals surface area contributed by atoms with Crippen molar-refractivity contribution in [1.82, 2.24) is 10.2 Å². The minimum atomic E-state index is -0.629. The van der Waals surface area contributed by atoms with Gasteiger partial charge < -0.3 is 15.0 Å². The Bertz CT molecular complexity index is 925. The maximum absolute atomic E-state index is 13.2. The minimum absolute atomic E-state index is 0.193. The molecule has 2 aromatic rings. The number of ether oxygens (including phenoxy) is 1. The first-order chi connectivity index (χ1) is 14.5. The number of amides is 2. The van der Waals surface area contributed by atoms with Crippen LogP contribution in [-0.4, -0.2) is 34.9 Å². The van der Waals surface area contributed by atoms with Crippen molar-refractivity contribution in [2.45, 2.75) is 59.2 Å². The van der Waals surface area contributed by atoms with Crippen molar-refractivity contribution in [2.75, 3.05) is 6.61 Å². The summed E-state index contributed by atoms with van der Waals surface area (Å²) in [4.78, 5) is 27.8. The molecular weight excluding hydrogens is 435 g/mol. The largest absolute Gasteiger partial charge is 0.482 e. The van der Waals surface area contributed by atoms with Crippen LogP contribution in [0.5, 0.6) is 5.75 Å². The summed E-state index contributed by atoms with van der Waals surface area (Å²) in [5.41, 5.74) is 1.62. The first-order valence-electron chi connectivity index (χ1n) is 10.3. The van der Waals surface area contributed by atoms with E-state index in [-0.39, 0.29) is 18.4 Å². The van der Waals surface area contributed by atoms with E-state index in [0.717, 1.165) is 11.1 Å². The predicted molar refractivity (Wildman–Crippen MR) is 126 cm³/mol. The quantitative estimate of drug-likeness (QED) is 0.568. The van der Waals surface area contributed by atoms with E-state index in [1.807, 2.05) is 58.9 Å². The average Bonchev–Trinajstić information content (AvgIpc) is 2.67. The standard InChI is InChI=1S/C24H30Cl2N2O3/c1-6-20(23(30)27-24(3,4)5)28(14-17-10-8-7-9-16(17)2)22(29)15-31-21-12-11-18(25)13-19(21)26/h7-13,20H,6,14-15H2,1-5H3,(H,27,30)/t20-/m1/s1. The van der Waals surface area contributed by atoms with Crippen LogP contribution in [0, 0.1) is 6.92 Å². The SMILES string of the molecule is CC[C@H](C(=O)NC(C)(C)C)N(Cc1ccccc1C)C(=O)COc1ccc(Cl)cc1Cl. The molecule has 0 saturated carbocycles. The summed E-state index contributed by atoms with van der Waals surface area (Å²) in [7, 11) is 0. The molecule has 7 heteroatoms. The fraction of sp³-hybridized carbons (Fsp3) is 0.417. The Hall–Kier alpha value is -2.24. The van der Waals surface area contributed by atoms with E-state index in [4.69, 9.17) is 27.9 Å². The van der Waals surface area contributed by atoms with E-state index in [9.17, 15) is 9.59 Å². The zero-order valence-corrected chi connectivity index (χ0v) is 20.2. The van der Waals surface area contributed by atoms with E-state index in [1.54, 1.807) is 23.1 Å². The molecule has 1 atom stereocenters. The van der Waals surface area contributed by atoms with Crippen molar-refractivity contribution in [3.63, 3.8) is 0 Å². The van der Waals surface area contributed by atoms with E-state index in [2.05, 4.69) is 5.32 Å². The van der Waals surface area contributed by atoms with Crippen molar-refractivity contribution in [3.05, 3.63) is 63.6 Å². The highest BCUT2D eigenvalue weighted by Crippen LogP contribution is 2.27. The molecule has 0 unspecified atom stereocenters. The number of halogens is 2. The van der Waals surface area contributed by atoms with E-state index < -0.39 is 11.6 Å². The Morgan fingerprint density at radius 3 is 2.39 bits per heavy atom. The molecule has 0 spiro atoms. The van der Waals surface area contributed by atoms with Gasteiger partial charge in [0.15, 0.2) is 6.61 Å². The number of carbonyl (C=O) groups excluding carboxylic acids is 2. The summed E-state index contributed by atoms with van der Waals surface area (Å²) in [5, 5.41) is 3.79. The summed E-state index contributed by atoms with van der Waals surface area (Å²) in [6.07, 6.45) is 0.473. The van der Waals surface area contributed by atoms with Gasteiger partial charge in [0.05, 0.1) is 5.02 Å². The van der Waals surface area contributed by atoms with Crippen LogP contribution in [0.2, 0.25) is 10.0 Å². The van der Waals surface area contributed by atoms with Crippen molar-refractivity contribution < 1.29 is 14.3 Å². The molecule has 0 saturated heterocycles. The normalized spacial score (nSPS) is 12.2. The number of benzene rings is 2. The molecule has 0 heterocycles. The Labute approximate surface area is 194 Å². The fourth-order valence-electron chi connectivity index (χ4n) is 3.16. The second-order valence-corrected chi connectivity index (χ2v) is 9.32. The molecule has 1 N–H and O–H groups in total. The van der Waals surface area contributed by atoms with E-state index in [1.165, 1.54) is 0 Å². The number of carbonyl (C=O) groups is 2. The van der Waals surface area contributed by atoms with Crippen molar-refractivity contribution in [1.29, 1.82) is 0 Å². The second-order valence-electron chi connectivity index (χ2n) is 8.47. The molecule has 168 valence electrons. The maximum Gasteiger partial charge on any atom is 0.261 e. The van der Waals surface area contributed by atoms with Gasteiger partial charge in [0.25, 0.3) is 5.91 Å². The fourth-order valence-corrected chi connectivity index (χ4v) is 3.62. The Morgan fingerprint density at radius 2 is 1.81 bits per heavy atom. The Morgan fingerprint density at radius 1 is 1.13 bits per heavy atom. The van der Waals surface area contributed by atoms with E-state index >= 15 is 0 Å². The van der Waals surface area contributed by atoms with Crippen LogP contribution < -0.4 is 10.1 Å². The molecule has 5 nitrogen and oxygen atoms in total. The Balaban J connectivity index is 2.27. The lowest BCUT2D eigenvalue weighted by atomic mass is 10.0. The smallest absolute Gasteiger partial charge is 0.261 e. The molecule has 0 aliphatic carbocycles. The Kier molecular flexibility index (Phi) is 8.78. The number of aryl methyl sites for hydroxylation is 1. The topological polar surface area (TPSA) is 58.6 Å². The minimum Gasteiger partial charge on any atom is -0.482 e. The van der Waals surface area contributed by atoms with Crippen LogP contribution in [0.25, 0.3) is 0 Å². The maximum atomic E-state index is 13.2. The van der Waals surface area contributed by atoms with Crippen LogP contribution in [0.3, 0.4) is 0 Å². The molecule has 0 aliphatic rings. The van der Waals surface area contributed by atoms with Crippen LogP contribution in [0.15, 0.2) is 42.5 Å². The molecule has 0 aromatic heterocycles. The van der Waals surface area contributed by atoms with Gasteiger partial charge >= 0.3 is 0 Å². The number of hydrogen-bond acceptors (Lipinski definition) is 3. The third kappa shape index (κ3) is 7.44. The zero-order valence-electron chi connectivity index (χ0n) is 18.7. The van der Waals surface area contributed by atoms with Crippen LogP contribution in [0.4, 0.5) is 0 Å². The number of nitrogens with one attached hydrogen (secondary N) is 1. The van der Waals surface area contributed by atoms with Crippen molar-refractivity contribution in [2.24, 2.45) is 0 Å². The lowest BCUT2D eigenvalue weighted by Gasteiger charge is -2.33. The van der Waals surface area contributed by atoms with E-state index in [0.29, 0.717) is 28.8 Å². The van der Waals surface area contributed by atoms with Gasteiger partial charge in [-0.15, -0.1) is 0 Å². The van der Waals surface area contributed by atoms with Crippen LogP contribution >= 0.6 is 23.2 Å². The molecule has 2 rings (SSSR count). The third-order valence-electron chi connectivity index (χ3n) is 4.73. The molecule has 2 aromatic carbocycles. The van der Waals surface area contributed by atoms with Crippen LogP contribution in [0.1, 0.15) is 45.2 Å². The second kappa shape index (κ2) is 10.9. The van der Waals surface area contributed by atoms with Crippen molar-refractivity contribution >= 4 is 35.0 Å². The molecule has 2 amide bonds. The lowest BCUT2D eigenvalue weighted by molar-refractivity contribution is -0.143. The number of rotatable bonds is 8. The summed E-state index contributed by atoms with van der Waals surface area (Å²) in [5.74, 6) is -0.130. The molecule has 0 aliphatic heterocycles. The predicted octanol–water partition coefficient (Wildman–Crippen LogP) is 5.40. The highest BCUT2D eigenvalue weighted by Gasteiger charge is 2.31. The molecular formula is C24H30Cl2N2O3. The zero-order chi connectivity index (χ0) is 23.2. The number of hydrogen-bond donors (Lipinski definition) is 1. The third-order valence-corrected chi connectivity index (χ3v) is 5.26. The monoisotopic (exact) mass is 464 g/mol. The van der Waals surface area contributed by atoms with Gasteiger partial charge in [-0.25, -0.2) is 0 Å². The van der Waals surface area contributed by atoms with Gasteiger partial charge in [-0.3, -0.25) is 9.59 Å². The molecule has 0 fully saturated rings. The summed E-state index contributed by atoms with van der Waals surface area (Å²) in [6.45, 7) is 9.68. The van der Waals surface area contributed by atoms with Crippen molar-refractivity contribution in [3.8, 4) is 5.75 Å². The van der Waals surface area contributed by atoms with Crippen LogP contribution in [-0.2, 0) is 16.1 Å². The summed E-state index contributed by atoms with van der Waals surface area (Å²) < 4.78 is 5.66. The average molecular weight is 465 g/mol. The van der Waals surface area contributed by atoms with Gasteiger partial charge in [-0.05, 0) is 63.4 Å². The highest BCUT2D eigenvalue weighted by molar-refractivity contribution is 6.35. The lowest BCUT2D eigenvalue weighted by Crippen LogP contribution is -2.54.